The van der Waals surface area contributed by atoms with E-state index in [0.717, 1.165) is 11.5 Å². The zero-order chi connectivity index (χ0) is 21.5. The second-order valence-electron chi connectivity index (χ2n) is 7.04. The molecule has 4 rings (SSSR count). The standard InChI is InChI=1S/C21H21FN2O5S/c1-14-16-13-15(28-2)7-8-18(16)29-20(14)21(25)23-9-11-24(12-10-23)30(26,27)19-6-4-3-5-17(19)22/h3-8,13H,9-12H2,1-2H3. The zero-order valence-corrected chi connectivity index (χ0v) is 17.4. The van der Waals surface area contributed by atoms with Gasteiger partial charge in [0, 0.05) is 37.1 Å². The first-order valence-corrected chi connectivity index (χ1v) is 10.9. The molecule has 158 valence electrons. The van der Waals surface area contributed by atoms with E-state index in [1.54, 1.807) is 31.1 Å². The van der Waals surface area contributed by atoms with Crippen LogP contribution in [0.15, 0.2) is 51.8 Å². The first kappa shape index (κ1) is 20.4. The lowest BCUT2D eigenvalue weighted by Gasteiger charge is -2.33. The van der Waals surface area contributed by atoms with Crippen LogP contribution in [0.1, 0.15) is 16.1 Å². The fourth-order valence-corrected chi connectivity index (χ4v) is 5.09. The molecule has 1 aliphatic rings. The number of fused-ring (bicyclic) bond motifs is 1. The molecule has 1 saturated heterocycles. The highest BCUT2D eigenvalue weighted by molar-refractivity contribution is 7.89. The van der Waals surface area contributed by atoms with E-state index in [2.05, 4.69) is 0 Å². The van der Waals surface area contributed by atoms with Crippen molar-refractivity contribution in [1.82, 2.24) is 9.21 Å². The van der Waals surface area contributed by atoms with Crippen molar-refractivity contribution in [2.24, 2.45) is 0 Å². The molecule has 1 aromatic heterocycles. The van der Waals surface area contributed by atoms with Gasteiger partial charge >= 0.3 is 0 Å². The summed E-state index contributed by atoms with van der Waals surface area (Å²) in [6, 6.07) is 10.6. The van der Waals surface area contributed by atoms with Gasteiger partial charge in [0.15, 0.2) is 5.76 Å². The van der Waals surface area contributed by atoms with E-state index in [1.165, 1.54) is 22.5 Å². The van der Waals surface area contributed by atoms with E-state index in [9.17, 15) is 17.6 Å². The Kier molecular flexibility index (Phi) is 5.25. The molecular formula is C21H21FN2O5S. The quantitative estimate of drug-likeness (QED) is 0.633. The summed E-state index contributed by atoms with van der Waals surface area (Å²) in [5.41, 5.74) is 1.28. The van der Waals surface area contributed by atoms with Crippen molar-refractivity contribution in [3.05, 3.63) is 59.6 Å². The van der Waals surface area contributed by atoms with E-state index in [1.807, 2.05) is 6.07 Å². The van der Waals surface area contributed by atoms with E-state index in [4.69, 9.17) is 9.15 Å². The van der Waals surface area contributed by atoms with Crippen molar-refractivity contribution in [1.29, 1.82) is 0 Å². The molecule has 0 radical (unpaired) electrons. The lowest BCUT2D eigenvalue weighted by Crippen LogP contribution is -2.50. The summed E-state index contributed by atoms with van der Waals surface area (Å²) in [6.45, 7) is 2.33. The number of nitrogens with zero attached hydrogens (tertiary/aromatic N) is 2. The number of hydrogen-bond acceptors (Lipinski definition) is 5. The van der Waals surface area contributed by atoms with Crippen molar-refractivity contribution in [2.45, 2.75) is 11.8 Å². The average Bonchev–Trinajstić information content (AvgIpc) is 3.09. The number of hydrogen-bond donors (Lipinski definition) is 0. The fourth-order valence-electron chi connectivity index (χ4n) is 3.60. The van der Waals surface area contributed by atoms with Gasteiger partial charge in [-0.1, -0.05) is 12.1 Å². The van der Waals surface area contributed by atoms with Gasteiger partial charge in [-0.15, -0.1) is 0 Å². The van der Waals surface area contributed by atoms with Gasteiger partial charge in [0.05, 0.1) is 7.11 Å². The highest BCUT2D eigenvalue weighted by Crippen LogP contribution is 2.30. The number of sulfonamides is 1. The number of amides is 1. The highest BCUT2D eigenvalue weighted by atomic mass is 32.2. The van der Waals surface area contributed by atoms with Crippen LogP contribution in [0.25, 0.3) is 11.0 Å². The second-order valence-corrected chi connectivity index (χ2v) is 8.95. The Morgan fingerprint density at radius 3 is 2.47 bits per heavy atom. The molecule has 2 heterocycles. The first-order chi connectivity index (χ1) is 14.3. The van der Waals surface area contributed by atoms with E-state index < -0.39 is 15.8 Å². The van der Waals surface area contributed by atoms with Crippen molar-refractivity contribution >= 4 is 26.9 Å². The summed E-state index contributed by atoms with van der Waals surface area (Å²) in [5, 5.41) is 0.790. The predicted molar refractivity (Wildman–Crippen MR) is 109 cm³/mol. The molecule has 1 amide bonds. The molecule has 0 bridgehead atoms. The van der Waals surface area contributed by atoms with Crippen LogP contribution in [0.4, 0.5) is 4.39 Å². The zero-order valence-electron chi connectivity index (χ0n) is 16.6. The Morgan fingerprint density at radius 1 is 1.10 bits per heavy atom. The third kappa shape index (κ3) is 3.44. The van der Waals surface area contributed by atoms with E-state index in [0.29, 0.717) is 16.9 Å². The normalized spacial score (nSPS) is 15.5. The molecule has 3 aromatic rings. The lowest BCUT2D eigenvalue weighted by atomic mass is 10.1. The number of benzene rings is 2. The summed E-state index contributed by atoms with van der Waals surface area (Å²) in [5.74, 6) is -0.198. The van der Waals surface area contributed by atoms with Crippen molar-refractivity contribution in [2.75, 3.05) is 33.3 Å². The minimum Gasteiger partial charge on any atom is -0.497 e. The van der Waals surface area contributed by atoms with E-state index >= 15 is 0 Å². The van der Waals surface area contributed by atoms with Crippen LogP contribution in [0.2, 0.25) is 0 Å². The van der Waals surface area contributed by atoms with Crippen molar-refractivity contribution in [3.8, 4) is 5.75 Å². The van der Waals surface area contributed by atoms with Crippen LogP contribution in [-0.4, -0.2) is 56.8 Å². The number of furan rings is 1. The smallest absolute Gasteiger partial charge is 0.289 e. The third-order valence-electron chi connectivity index (χ3n) is 5.32. The Morgan fingerprint density at radius 2 is 1.80 bits per heavy atom. The number of halogens is 1. The maximum absolute atomic E-state index is 14.0. The molecule has 7 nitrogen and oxygen atoms in total. The molecule has 2 aromatic carbocycles. The minimum absolute atomic E-state index is 0.0789. The Balaban J connectivity index is 1.52. The molecule has 0 saturated carbocycles. The van der Waals surface area contributed by atoms with Gasteiger partial charge in [0.2, 0.25) is 10.0 Å². The van der Waals surface area contributed by atoms with Crippen LogP contribution in [-0.2, 0) is 10.0 Å². The van der Waals surface area contributed by atoms with E-state index in [-0.39, 0.29) is 42.7 Å². The van der Waals surface area contributed by atoms with Crippen molar-refractivity contribution in [3.63, 3.8) is 0 Å². The molecule has 1 fully saturated rings. The predicted octanol–water partition coefficient (Wildman–Crippen LogP) is 3.04. The first-order valence-electron chi connectivity index (χ1n) is 9.44. The third-order valence-corrected chi connectivity index (χ3v) is 7.25. The number of carbonyl (C=O) groups excluding carboxylic acids is 1. The van der Waals surface area contributed by atoms with Crippen LogP contribution in [0, 0.1) is 12.7 Å². The molecule has 30 heavy (non-hydrogen) atoms. The van der Waals surface area contributed by atoms with Gasteiger partial charge in [-0.2, -0.15) is 4.31 Å². The summed E-state index contributed by atoms with van der Waals surface area (Å²) in [7, 11) is -2.39. The van der Waals surface area contributed by atoms with Gasteiger partial charge in [-0.25, -0.2) is 12.8 Å². The summed E-state index contributed by atoms with van der Waals surface area (Å²) in [4.78, 5) is 14.2. The van der Waals surface area contributed by atoms with Gasteiger partial charge in [-0.05, 0) is 37.3 Å². The molecule has 0 atom stereocenters. The van der Waals surface area contributed by atoms with Crippen LogP contribution >= 0.6 is 0 Å². The summed E-state index contributed by atoms with van der Waals surface area (Å²) >= 11 is 0. The molecule has 1 aliphatic heterocycles. The lowest BCUT2D eigenvalue weighted by molar-refractivity contribution is 0.0667. The fraction of sp³-hybridized carbons (Fsp3) is 0.286. The maximum atomic E-state index is 14.0. The van der Waals surface area contributed by atoms with Gasteiger partial charge in [-0.3, -0.25) is 4.79 Å². The van der Waals surface area contributed by atoms with Crippen LogP contribution < -0.4 is 4.74 Å². The van der Waals surface area contributed by atoms with Gasteiger partial charge in [0.1, 0.15) is 22.0 Å². The molecule has 0 spiro atoms. The Bertz CT molecular complexity index is 1210. The number of methoxy groups -OCH3 is 1. The molecular weight excluding hydrogens is 411 g/mol. The SMILES string of the molecule is COc1ccc2oc(C(=O)N3CCN(S(=O)(=O)c4ccccc4F)CC3)c(C)c2c1. The summed E-state index contributed by atoms with van der Waals surface area (Å²) < 4.78 is 51.6. The molecule has 9 heteroatoms. The monoisotopic (exact) mass is 432 g/mol. The largest absolute Gasteiger partial charge is 0.497 e. The van der Waals surface area contributed by atoms with Crippen molar-refractivity contribution < 1.29 is 26.8 Å². The molecule has 0 unspecified atom stereocenters. The Labute approximate surface area is 173 Å². The highest BCUT2D eigenvalue weighted by Gasteiger charge is 2.33. The number of ether oxygens (including phenoxy) is 1. The molecule has 0 N–H and O–H groups in total. The topological polar surface area (TPSA) is 80.1 Å². The number of aryl methyl sites for hydroxylation is 1. The minimum atomic E-state index is -3.96. The van der Waals surface area contributed by atoms with Crippen LogP contribution in [0.5, 0.6) is 5.75 Å². The number of rotatable bonds is 4. The number of piperazine rings is 1. The van der Waals surface area contributed by atoms with Gasteiger partial charge in [0.25, 0.3) is 5.91 Å². The van der Waals surface area contributed by atoms with Crippen LogP contribution in [0.3, 0.4) is 0 Å². The molecule has 0 aliphatic carbocycles. The summed E-state index contributed by atoms with van der Waals surface area (Å²) in [6.07, 6.45) is 0. The number of carbonyl (C=O) groups is 1. The maximum Gasteiger partial charge on any atom is 0.289 e. The average molecular weight is 432 g/mol. The Hall–Kier alpha value is -2.91. The van der Waals surface area contributed by atoms with Gasteiger partial charge < -0.3 is 14.1 Å². The second kappa shape index (κ2) is 7.73.